The van der Waals surface area contributed by atoms with Crippen LogP contribution in [0.4, 0.5) is 0 Å². The van der Waals surface area contributed by atoms with Gasteiger partial charge in [0.1, 0.15) is 0 Å². The van der Waals surface area contributed by atoms with Crippen LogP contribution in [-0.2, 0) is 6.54 Å². The lowest BCUT2D eigenvalue weighted by Crippen LogP contribution is -2.27. The van der Waals surface area contributed by atoms with Gasteiger partial charge in [-0.15, -0.1) is 0 Å². The minimum atomic E-state index is 0.936. The van der Waals surface area contributed by atoms with Crippen molar-refractivity contribution in [2.75, 3.05) is 19.6 Å². The summed E-state index contributed by atoms with van der Waals surface area (Å²) < 4.78 is 2.46. The van der Waals surface area contributed by atoms with Crippen LogP contribution in [0.2, 0.25) is 0 Å². The van der Waals surface area contributed by atoms with E-state index < -0.39 is 0 Å². The van der Waals surface area contributed by atoms with Crippen molar-refractivity contribution in [1.29, 1.82) is 0 Å². The van der Waals surface area contributed by atoms with Crippen LogP contribution in [0.15, 0.2) is 22.7 Å². The summed E-state index contributed by atoms with van der Waals surface area (Å²) in [6, 6.07) is 6.39. The van der Waals surface area contributed by atoms with Gasteiger partial charge in [-0.2, -0.15) is 0 Å². The van der Waals surface area contributed by atoms with E-state index >= 15 is 0 Å². The van der Waals surface area contributed by atoms with Gasteiger partial charge in [0.05, 0.1) is 0 Å². The molecule has 4 heteroatoms. The lowest BCUT2D eigenvalue weighted by atomic mass is 10.2. The van der Waals surface area contributed by atoms with Crippen molar-refractivity contribution in [2.45, 2.75) is 19.9 Å². The zero-order valence-corrected chi connectivity index (χ0v) is 13.3. The molecule has 90 valence electrons. The Morgan fingerprint density at radius 1 is 1.19 bits per heavy atom. The second-order valence-corrected chi connectivity index (χ2v) is 5.74. The van der Waals surface area contributed by atoms with E-state index in [9.17, 15) is 0 Å². The van der Waals surface area contributed by atoms with Crippen LogP contribution < -0.4 is 10.6 Å². The lowest BCUT2D eigenvalue weighted by Gasteiger charge is -2.08. The fraction of sp³-hybridized carbons (Fsp3) is 0.500. The topological polar surface area (TPSA) is 24.1 Å². The number of nitrogens with one attached hydrogen (secondary N) is 2. The first-order valence-electron chi connectivity index (χ1n) is 5.59. The molecule has 0 aromatic heterocycles. The molecule has 0 saturated heterocycles. The molecule has 0 spiro atoms. The minimum absolute atomic E-state index is 0.936. The molecule has 0 unspecified atom stereocenters. The van der Waals surface area contributed by atoms with E-state index in [1.54, 1.807) is 0 Å². The van der Waals surface area contributed by atoms with E-state index in [1.807, 2.05) is 0 Å². The van der Waals surface area contributed by atoms with Crippen molar-refractivity contribution in [2.24, 2.45) is 0 Å². The minimum Gasteiger partial charge on any atom is -0.315 e. The molecule has 16 heavy (non-hydrogen) atoms. The molecule has 0 aliphatic rings. The van der Waals surface area contributed by atoms with Crippen molar-refractivity contribution in [3.63, 3.8) is 0 Å². The summed E-state index contributed by atoms with van der Waals surface area (Å²) in [5.74, 6) is 0. The normalized spacial score (nSPS) is 10.7. The Morgan fingerprint density at radius 2 is 1.94 bits per heavy atom. The van der Waals surface area contributed by atoms with Gasteiger partial charge in [0.15, 0.2) is 0 Å². The molecule has 2 N–H and O–H groups in total. The Labute approximate surface area is 120 Å². The van der Waals surface area contributed by atoms with E-state index in [4.69, 9.17) is 0 Å². The van der Waals surface area contributed by atoms with Gasteiger partial charge in [-0.3, -0.25) is 0 Å². The number of halogens is 2. The third-order valence-corrected chi connectivity index (χ3v) is 3.77. The Balaban J connectivity index is 2.23. The summed E-state index contributed by atoms with van der Waals surface area (Å²) in [6.45, 7) is 6.28. The van der Waals surface area contributed by atoms with Gasteiger partial charge >= 0.3 is 0 Å². The summed E-state index contributed by atoms with van der Waals surface area (Å²) in [4.78, 5) is 0. The Morgan fingerprint density at radius 3 is 2.69 bits per heavy atom. The highest BCUT2D eigenvalue weighted by atomic mass is 127. The first-order valence-corrected chi connectivity index (χ1v) is 7.46. The van der Waals surface area contributed by atoms with Gasteiger partial charge in [0.2, 0.25) is 0 Å². The quantitative estimate of drug-likeness (QED) is 0.546. The maximum absolute atomic E-state index is 3.50. The Hall–Kier alpha value is 0.350. The summed E-state index contributed by atoms with van der Waals surface area (Å²) in [6.07, 6.45) is 1.20. The number of hydrogen-bond acceptors (Lipinski definition) is 2. The molecule has 0 atom stereocenters. The van der Waals surface area contributed by atoms with Crippen LogP contribution in [0, 0.1) is 3.57 Å². The third kappa shape index (κ3) is 5.61. The zero-order valence-electron chi connectivity index (χ0n) is 9.52. The molecule has 0 bridgehead atoms. The van der Waals surface area contributed by atoms with E-state index in [-0.39, 0.29) is 0 Å². The van der Waals surface area contributed by atoms with Crippen molar-refractivity contribution < 1.29 is 0 Å². The van der Waals surface area contributed by atoms with Gasteiger partial charge in [-0.05, 0) is 59.3 Å². The van der Waals surface area contributed by atoms with Gasteiger partial charge in [-0.25, -0.2) is 0 Å². The lowest BCUT2D eigenvalue weighted by molar-refractivity contribution is 0.606. The maximum atomic E-state index is 3.50. The number of benzene rings is 1. The van der Waals surface area contributed by atoms with Crippen LogP contribution in [-0.4, -0.2) is 19.6 Å². The molecule has 0 aliphatic carbocycles. The SMILES string of the molecule is CCCNCCNCc1cc(Br)ccc1I. The molecule has 0 saturated carbocycles. The molecule has 0 amide bonds. The van der Waals surface area contributed by atoms with Crippen LogP contribution in [0.3, 0.4) is 0 Å². The predicted molar refractivity (Wildman–Crippen MR) is 81.7 cm³/mol. The molecule has 1 rings (SSSR count). The fourth-order valence-electron chi connectivity index (χ4n) is 1.38. The molecule has 0 radical (unpaired) electrons. The van der Waals surface area contributed by atoms with Gasteiger partial charge in [0, 0.05) is 27.7 Å². The third-order valence-electron chi connectivity index (χ3n) is 2.23. The summed E-state index contributed by atoms with van der Waals surface area (Å²) in [5, 5.41) is 6.81. The highest BCUT2D eigenvalue weighted by Gasteiger charge is 1.99. The highest BCUT2D eigenvalue weighted by Crippen LogP contribution is 2.17. The number of rotatable bonds is 7. The Bertz CT molecular complexity index is 318. The monoisotopic (exact) mass is 396 g/mol. The average molecular weight is 397 g/mol. The number of hydrogen-bond donors (Lipinski definition) is 2. The zero-order chi connectivity index (χ0) is 11.8. The van der Waals surface area contributed by atoms with E-state index in [1.165, 1.54) is 15.6 Å². The summed E-state index contributed by atoms with van der Waals surface area (Å²) in [7, 11) is 0. The molecule has 1 aromatic carbocycles. The van der Waals surface area contributed by atoms with E-state index in [0.29, 0.717) is 0 Å². The predicted octanol–water partition coefficient (Wildman–Crippen LogP) is 3.14. The van der Waals surface area contributed by atoms with E-state index in [0.717, 1.165) is 30.7 Å². The molecule has 0 aliphatic heterocycles. The Kier molecular flexibility index (Phi) is 7.60. The van der Waals surface area contributed by atoms with Crippen molar-refractivity contribution in [3.8, 4) is 0 Å². The summed E-state index contributed by atoms with van der Waals surface area (Å²) >= 11 is 5.87. The van der Waals surface area contributed by atoms with Crippen molar-refractivity contribution in [3.05, 3.63) is 31.8 Å². The fourth-order valence-corrected chi connectivity index (χ4v) is 2.32. The van der Waals surface area contributed by atoms with Gasteiger partial charge < -0.3 is 10.6 Å². The molecule has 1 aromatic rings. The van der Waals surface area contributed by atoms with E-state index in [2.05, 4.69) is 74.3 Å². The van der Waals surface area contributed by atoms with Gasteiger partial charge in [-0.1, -0.05) is 22.9 Å². The second kappa shape index (κ2) is 8.44. The molecular weight excluding hydrogens is 379 g/mol. The molecular formula is C12H18BrIN2. The van der Waals surface area contributed by atoms with Crippen molar-refractivity contribution >= 4 is 38.5 Å². The van der Waals surface area contributed by atoms with Crippen LogP contribution in [0.5, 0.6) is 0 Å². The molecule has 0 fully saturated rings. The van der Waals surface area contributed by atoms with Crippen LogP contribution >= 0.6 is 38.5 Å². The first kappa shape index (κ1) is 14.4. The average Bonchev–Trinajstić information content (AvgIpc) is 2.28. The smallest absolute Gasteiger partial charge is 0.0216 e. The summed E-state index contributed by atoms with van der Waals surface area (Å²) in [5.41, 5.74) is 1.35. The highest BCUT2D eigenvalue weighted by molar-refractivity contribution is 14.1. The second-order valence-electron chi connectivity index (χ2n) is 3.66. The van der Waals surface area contributed by atoms with Crippen LogP contribution in [0.1, 0.15) is 18.9 Å². The van der Waals surface area contributed by atoms with Crippen molar-refractivity contribution in [1.82, 2.24) is 10.6 Å². The van der Waals surface area contributed by atoms with Gasteiger partial charge in [0.25, 0.3) is 0 Å². The molecule has 0 heterocycles. The standard InChI is InChI=1S/C12H18BrIN2/c1-2-5-15-6-7-16-9-10-8-11(13)3-4-12(10)14/h3-4,8,15-16H,2,5-7,9H2,1H3. The maximum Gasteiger partial charge on any atom is 0.0216 e. The van der Waals surface area contributed by atoms with Crippen LogP contribution in [0.25, 0.3) is 0 Å². The first-order chi connectivity index (χ1) is 7.74. The molecule has 2 nitrogen and oxygen atoms in total. The largest absolute Gasteiger partial charge is 0.315 e.